The number of carbonyl (C=O) groups is 1. The molecule has 1 aromatic heterocycles. The van der Waals surface area contributed by atoms with Gasteiger partial charge in [-0.1, -0.05) is 57.9 Å². The Morgan fingerprint density at radius 3 is 2.75 bits per heavy atom. The maximum Gasteiger partial charge on any atom is 0.320 e. The van der Waals surface area contributed by atoms with Crippen LogP contribution in [0.2, 0.25) is 0 Å². The molecule has 1 amide bonds. The largest absolute Gasteiger partial charge is 0.320 e. The number of aromatic nitrogens is 2. The molecule has 0 bridgehead atoms. The van der Waals surface area contributed by atoms with Gasteiger partial charge in [-0.3, -0.25) is 19.6 Å². The van der Waals surface area contributed by atoms with E-state index in [4.69, 9.17) is 0 Å². The first-order chi connectivity index (χ1) is 13.4. The van der Waals surface area contributed by atoms with Gasteiger partial charge in [-0.25, -0.2) is 5.43 Å². The van der Waals surface area contributed by atoms with E-state index in [0.29, 0.717) is 6.54 Å². The maximum absolute atomic E-state index is 12.3. The van der Waals surface area contributed by atoms with Crippen molar-refractivity contribution in [2.75, 3.05) is 0 Å². The summed E-state index contributed by atoms with van der Waals surface area (Å²) in [6, 6.07) is 15.0. The molecule has 9 heteroatoms. The van der Waals surface area contributed by atoms with E-state index >= 15 is 0 Å². The minimum absolute atomic E-state index is 0.291. The van der Waals surface area contributed by atoms with Gasteiger partial charge in [0.2, 0.25) is 5.69 Å². The third kappa shape index (κ3) is 4.89. The van der Waals surface area contributed by atoms with Crippen LogP contribution in [0, 0.1) is 17.0 Å². The average molecular weight is 442 g/mol. The lowest BCUT2D eigenvalue weighted by Crippen LogP contribution is -2.19. The van der Waals surface area contributed by atoms with Crippen molar-refractivity contribution in [1.82, 2.24) is 15.2 Å². The standard InChI is InChI=1S/C19H16BrN5O3/c1-13-5-7-14(8-6-13)10-21-22-19(26)18-17(25(27)28)12-24(23-18)11-15-3-2-4-16(20)9-15/h2-10,12H,11H2,1H3,(H,22,26)/b21-10-. The van der Waals surface area contributed by atoms with Crippen LogP contribution < -0.4 is 5.43 Å². The van der Waals surface area contributed by atoms with Crippen molar-refractivity contribution < 1.29 is 9.72 Å². The molecule has 0 unspecified atom stereocenters. The van der Waals surface area contributed by atoms with Gasteiger partial charge in [0.25, 0.3) is 5.91 Å². The number of nitro groups is 1. The Bertz CT molecular complexity index is 1040. The van der Waals surface area contributed by atoms with Gasteiger partial charge in [-0.15, -0.1) is 0 Å². The second-order valence-electron chi connectivity index (χ2n) is 6.06. The monoisotopic (exact) mass is 441 g/mol. The Labute approximate surface area is 169 Å². The van der Waals surface area contributed by atoms with Gasteiger partial charge >= 0.3 is 5.69 Å². The van der Waals surface area contributed by atoms with E-state index in [9.17, 15) is 14.9 Å². The molecule has 0 fully saturated rings. The van der Waals surface area contributed by atoms with Gasteiger partial charge < -0.3 is 0 Å². The molecule has 0 aliphatic carbocycles. The van der Waals surface area contributed by atoms with Gasteiger partial charge in [0.05, 0.1) is 17.7 Å². The van der Waals surface area contributed by atoms with Crippen LogP contribution in [-0.2, 0) is 6.54 Å². The van der Waals surface area contributed by atoms with Crippen LogP contribution in [0.4, 0.5) is 5.69 Å². The van der Waals surface area contributed by atoms with Crippen LogP contribution >= 0.6 is 15.9 Å². The number of rotatable bonds is 6. The first kappa shape index (κ1) is 19.4. The number of benzene rings is 2. The molecular weight excluding hydrogens is 426 g/mol. The highest BCUT2D eigenvalue weighted by molar-refractivity contribution is 9.10. The number of aryl methyl sites for hydroxylation is 1. The van der Waals surface area contributed by atoms with Crippen LogP contribution in [0.15, 0.2) is 64.3 Å². The van der Waals surface area contributed by atoms with Gasteiger partial charge in [-0.2, -0.15) is 10.2 Å². The fraction of sp³-hybridized carbons (Fsp3) is 0.105. The Balaban J connectivity index is 1.76. The van der Waals surface area contributed by atoms with Crippen LogP contribution in [0.1, 0.15) is 27.2 Å². The van der Waals surface area contributed by atoms with Crippen LogP contribution in [-0.4, -0.2) is 26.8 Å². The van der Waals surface area contributed by atoms with E-state index in [1.54, 1.807) is 0 Å². The number of nitrogens with one attached hydrogen (secondary N) is 1. The van der Waals surface area contributed by atoms with Crippen molar-refractivity contribution in [3.63, 3.8) is 0 Å². The Hall–Kier alpha value is -3.33. The summed E-state index contributed by atoms with van der Waals surface area (Å²) in [6.45, 7) is 2.26. The van der Waals surface area contributed by atoms with Gasteiger partial charge in [0.15, 0.2) is 0 Å². The first-order valence-electron chi connectivity index (χ1n) is 8.29. The Morgan fingerprint density at radius 1 is 1.32 bits per heavy atom. The number of amides is 1. The van der Waals surface area contributed by atoms with E-state index in [1.165, 1.54) is 17.1 Å². The summed E-state index contributed by atoms with van der Waals surface area (Å²) in [5, 5.41) is 19.2. The van der Waals surface area contributed by atoms with Crippen molar-refractivity contribution in [2.24, 2.45) is 5.10 Å². The molecule has 8 nitrogen and oxygen atoms in total. The van der Waals surface area contributed by atoms with E-state index in [1.807, 2.05) is 55.5 Å². The zero-order valence-electron chi connectivity index (χ0n) is 14.9. The van der Waals surface area contributed by atoms with Crippen molar-refractivity contribution in [3.05, 3.63) is 91.7 Å². The van der Waals surface area contributed by atoms with Crippen molar-refractivity contribution in [3.8, 4) is 0 Å². The summed E-state index contributed by atoms with van der Waals surface area (Å²) in [5.74, 6) is -0.747. The zero-order chi connectivity index (χ0) is 20.1. The lowest BCUT2D eigenvalue weighted by atomic mass is 10.2. The Kier molecular flexibility index (Phi) is 5.95. The maximum atomic E-state index is 12.3. The lowest BCUT2D eigenvalue weighted by Gasteiger charge is -2.01. The van der Waals surface area contributed by atoms with Crippen LogP contribution in [0.25, 0.3) is 0 Å². The lowest BCUT2D eigenvalue weighted by molar-refractivity contribution is -0.385. The van der Waals surface area contributed by atoms with E-state index in [2.05, 4.69) is 31.6 Å². The minimum atomic E-state index is -0.747. The van der Waals surface area contributed by atoms with Crippen molar-refractivity contribution >= 4 is 33.7 Å². The number of halogens is 1. The molecule has 0 spiro atoms. The molecule has 1 heterocycles. The molecule has 0 aliphatic rings. The summed E-state index contributed by atoms with van der Waals surface area (Å²) in [4.78, 5) is 23.0. The molecule has 0 aliphatic heterocycles. The summed E-state index contributed by atoms with van der Waals surface area (Å²) in [6.07, 6.45) is 2.70. The molecule has 0 saturated heterocycles. The average Bonchev–Trinajstić information content (AvgIpc) is 3.07. The smallest absolute Gasteiger partial charge is 0.265 e. The normalized spacial score (nSPS) is 10.9. The van der Waals surface area contributed by atoms with Gasteiger partial charge in [-0.05, 0) is 30.2 Å². The minimum Gasteiger partial charge on any atom is -0.265 e. The fourth-order valence-corrected chi connectivity index (χ4v) is 2.93. The quantitative estimate of drug-likeness (QED) is 0.358. The number of nitrogens with zero attached hydrogens (tertiary/aromatic N) is 4. The number of hydrogen-bond donors (Lipinski definition) is 1. The highest BCUT2D eigenvalue weighted by atomic mass is 79.9. The van der Waals surface area contributed by atoms with Gasteiger partial charge in [0, 0.05) is 4.47 Å². The third-order valence-corrected chi connectivity index (χ3v) is 4.34. The SMILES string of the molecule is Cc1ccc(/C=N\NC(=O)c2nn(Cc3cccc(Br)c3)cc2[N+](=O)[O-])cc1. The molecule has 0 saturated carbocycles. The molecule has 3 rings (SSSR count). The third-order valence-electron chi connectivity index (χ3n) is 3.84. The highest BCUT2D eigenvalue weighted by Crippen LogP contribution is 2.19. The summed E-state index contributed by atoms with van der Waals surface area (Å²) in [5.41, 5.74) is 4.40. The van der Waals surface area contributed by atoms with Crippen LogP contribution in [0.3, 0.4) is 0 Å². The topological polar surface area (TPSA) is 102 Å². The molecule has 2 aromatic carbocycles. The predicted molar refractivity (Wildman–Crippen MR) is 108 cm³/mol. The molecule has 142 valence electrons. The molecular formula is C19H16BrN5O3. The molecule has 28 heavy (non-hydrogen) atoms. The number of carbonyl (C=O) groups excluding carboxylic acids is 1. The first-order valence-corrected chi connectivity index (χ1v) is 9.08. The summed E-state index contributed by atoms with van der Waals surface area (Å²) < 4.78 is 2.24. The van der Waals surface area contributed by atoms with Gasteiger partial charge in [0.1, 0.15) is 6.20 Å². The molecule has 0 atom stereocenters. The van der Waals surface area contributed by atoms with Crippen molar-refractivity contribution in [1.29, 1.82) is 0 Å². The number of hydrazone groups is 1. The zero-order valence-corrected chi connectivity index (χ0v) is 16.5. The van der Waals surface area contributed by atoms with E-state index in [-0.39, 0.29) is 11.4 Å². The summed E-state index contributed by atoms with van der Waals surface area (Å²) >= 11 is 3.38. The van der Waals surface area contributed by atoms with Crippen molar-refractivity contribution in [2.45, 2.75) is 13.5 Å². The molecule has 1 N–H and O–H groups in total. The van der Waals surface area contributed by atoms with E-state index < -0.39 is 10.8 Å². The predicted octanol–water partition coefficient (Wildman–Crippen LogP) is 3.67. The van der Waals surface area contributed by atoms with E-state index in [0.717, 1.165) is 21.2 Å². The highest BCUT2D eigenvalue weighted by Gasteiger charge is 2.25. The summed E-state index contributed by atoms with van der Waals surface area (Å²) in [7, 11) is 0. The van der Waals surface area contributed by atoms with Crippen LogP contribution in [0.5, 0.6) is 0 Å². The second kappa shape index (κ2) is 8.57. The second-order valence-corrected chi connectivity index (χ2v) is 6.97. The fourth-order valence-electron chi connectivity index (χ4n) is 2.48. The molecule has 3 aromatic rings. The molecule has 0 radical (unpaired) electrons. The number of hydrogen-bond acceptors (Lipinski definition) is 5. The Morgan fingerprint density at radius 2 is 2.07 bits per heavy atom.